The number of piperidine rings is 1. The first-order valence-electron chi connectivity index (χ1n) is 7.25. The van der Waals surface area contributed by atoms with Gasteiger partial charge in [-0.2, -0.15) is 0 Å². The number of hydrogen-bond acceptors (Lipinski definition) is 1. The van der Waals surface area contributed by atoms with Crippen LogP contribution in [0.1, 0.15) is 61.8 Å². The van der Waals surface area contributed by atoms with Crippen molar-refractivity contribution < 1.29 is 0 Å². The third kappa shape index (κ3) is 3.48. The summed E-state index contributed by atoms with van der Waals surface area (Å²) in [7, 11) is 0. The second-order valence-electron chi connectivity index (χ2n) is 5.43. The fraction of sp³-hybridized carbons (Fsp3) is 1.00. The van der Waals surface area contributed by atoms with Crippen molar-refractivity contribution in [3.8, 4) is 0 Å². The normalized spacial score (nSPS) is 40.9. The maximum absolute atomic E-state index is 3.69. The Morgan fingerprint density at radius 2 is 1.31 bits per heavy atom. The van der Waals surface area contributed by atoms with Crippen molar-refractivity contribution in [3.63, 3.8) is 0 Å². The minimum atomic E-state index is 0.681. The fourth-order valence-corrected chi connectivity index (χ4v) is 3.17. The van der Waals surface area contributed by atoms with Crippen LogP contribution in [0.15, 0.2) is 0 Å². The van der Waals surface area contributed by atoms with Gasteiger partial charge < -0.3 is 5.32 Å². The summed E-state index contributed by atoms with van der Waals surface area (Å²) in [5.74, 6) is 3.39. The first-order valence-corrected chi connectivity index (χ1v) is 7.25. The Bertz CT molecular complexity index is 164. The van der Waals surface area contributed by atoms with E-state index < -0.39 is 0 Å². The van der Waals surface area contributed by atoms with Gasteiger partial charge in [0.05, 0.1) is 0 Å². The summed E-state index contributed by atoms with van der Waals surface area (Å²) in [5, 5.41) is 3.69. The molecule has 5 unspecified atom stereocenters. The summed E-state index contributed by atoms with van der Waals surface area (Å²) in [4.78, 5) is 0. The largest absolute Gasteiger partial charge is 0.311 e. The lowest BCUT2D eigenvalue weighted by atomic mass is 9.67. The van der Waals surface area contributed by atoms with Crippen LogP contribution in [0.25, 0.3) is 0 Å². The molecule has 1 N–H and O–H groups in total. The van der Waals surface area contributed by atoms with Gasteiger partial charge in [-0.25, -0.2) is 0 Å². The van der Waals surface area contributed by atoms with Gasteiger partial charge in [-0.1, -0.05) is 48.0 Å². The van der Waals surface area contributed by atoms with Crippen LogP contribution in [0.5, 0.6) is 0 Å². The van der Waals surface area contributed by atoms with Crippen LogP contribution in [0.2, 0.25) is 0 Å². The van der Waals surface area contributed by atoms with E-state index in [1.54, 1.807) is 0 Å². The van der Waals surface area contributed by atoms with Crippen LogP contribution in [0.4, 0.5) is 0 Å². The highest BCUT2D eigenvalue weighted by Crippen LogP contribution is 2.37. The first-order chi connectivity index (χ1) is 7.49. The molecule has 1 heteroatoms. The molecule has 1 rings (SSSR count). The van der Waals surface area contributed by atoms with Crippen LogP contribution in [-0.2, 0) is 0 Å². The second kappa shape index (κ2) is 7.32. The Kier molecular flexibility index (Phi) is 7.30. The molecule has 0 aliphatic carbocycles. The van der Waals surface area contributed by atoms with E-state index in [4.69, 9.17) is 0 Å². The quantitative estimate of drug-likeness (QED) is 0.740. The molecule has 16 heavy (non-hydrogen) atoms. The van der Waals surface area contributed by atoms with Gasteiger partial charge in [-0.15, -0.1) is 0 Å². The van der Waals surface area contributed by atoms with Crippen molar-refractivity contribution in [1.82, 2.24) is 5.32 Å². The molecular weight excluding hydrogens is 194 g/mol. The topological polar surface area (TPSA) is 12.0 Å². The predicted octanol–water partition coefficient (Wildman–Crippen LogP) is 4.33. The van der Waals surface area contributed by atoms with Crippen LogP contribution < -0.4 is 5.32 Å². The van der Waals surface area contributed by atoms with Gasteiger partial charge in [0, 0.05) is 12.1 Å². The van der Waals surface area contributed by atoms with E-state index in [0.717, 1.165) is 23.7 Å². The highest BCUT2D eigenvalue weighted by atomic mass is 15.0. The van der Waals surface area contributed by atoms with Gasteiger partial charge in [0.25, 0.3) is 0 Å². The molecule has 1 aliphatic rings. The first kappa shape index (κ1) is 16.0. The molecule has 1 aliphatic heterocycles. The highest BCUT2D eigenvalue weighted by molar-refractivity contribution is 4.92. The van der Waals surface area contributed by atoms with Crippen molar-refractivity contribution in [2.24, 2.45) is 23.7 Å². The Hall–Kier alpha value is -0.0400. The Balaban J connectivity index is 0.00000106. The smallest absolute Gasteiger partial charge is 0.00698 e. The van der Waals surface area contributed by atoms with Crippen molar-refractivity contribution in [3.05, 3.63) is 0 Å². The summed E-state index contributed by atoms with van der Waals surface area (Å²) in [6.07, 6.45) is 1.32. The third-order valence-corrected chi connectivity index (χ3v) is 4.62. The number of rotatable bonds is 2. The average molecular weight is 227 g/mol. The van der Waals surface area contributed by atoms with Crippen molar-refractivity contribution >= 4 is 0 Å². The summed E-state index contributed by atoms with van der Waals surface area (Å²) in [5.41, 5.74) is 0. The van der Waals surface area contributed by atoms with Gasteiger partial charge in [-0.3, -0.25) is 0 Å². The molecule has 0 spiro atoms. The molecule has 0 aromatic rings. The van der Waals surface area contributed by atoms with Crippen molar-refractivity contribution in [2.45, 2.75) is 73.9 Å². The van der Waals surface area contributed by atoms with Crippen molar-refractivity contribution in [1.29, 1.82) is 0 Å². The SMILES string of the molecule is CC.CCC(C)C1C(C)C(C)NC(C)C1C. The molecule has 98 valence electrons. The molecule has 1 heterocycles. The minimum absolute atomic E-state index is 0.681. The molecule has 0 amide bonds. The fourth-order valence-electron chi connectivity index (χ4n) is 3.17. The lowest BCUT2D eigenvalue weighted by Crippen LogP contribution is -2.54. The lowest BCUT2D eigenvalue weighted by Gasteiger charge is -2.46. The zero-order chi connectivity index (χ0) is 12.9. The zero-order valence-corrected chi connectivity index (χ0v) is 12.7. The van der Waals surface area contributed by atoms with Crippen molar-refractivity contribution in [2.75, 3.05) is 0 Å². The summed E-state index contributed by atoms with van der Waals surface area (Å²) < 4.78 is 0. The van der Waals surface area contributed by atoms with E-state index in [2.05, 4.69) is 46.9 Å². The number of nitrogens with one attached hydrogen (secondary N) is 1. The van der Waals surface area contributed by atoms with E-state index in [1.807, 2.05) is 13.8 Å². The monoisotopic (exact) mass is 227 g/mol. The average Bonchev–Trinajstić information content (AvgIpc) is 2.29. The van der Waals surface area contributed by atoms with E-state index in [-0.39, 0.29) is 0 Å². The molecule has 1 fully saturated rings. The Labute approximate surface area is 103 Å². The second-order valence-corrected chi connectivity index (χ2v) is 5.43. The van der Waals surface area contributed by atoms with Crippen LogP contribution >= 0.6 is 0 Å². The Morgan fingerprint density at radius 3 is 1.62 bits per heavy atom. The van der Waals surface area contributed by atoms with Gasteiger partial charge in [0.1, 0.15) is 0 Å². The van der Waals surface area contributed by atoms with Crippen LogP contribution in [0.3, 0.4) is 0 Å². The summed E-state index contributed by atoms with van der Waals surface area (Å²) in [6.45, 7) is 18.2. The molecule has 0 aromatic carbocycles. The van der Waals surface area contributed by atoms with E-state index >= 15 is 0 Å². The molecule has 0 saturated carbocycles. The molecule has 1 nitrogen and oxygen atoms in total. The standard InChI is InChI=1S/C13H27N.C2H6/c1-7-8(2)13-9(3)11(5)14-12(6)10(13)4;1-2/h8-14H,7H2,1-6H3;1-2H3. The molecule has 0 bridgehead atoms. The third-order valence-electron chi connectivity index (χ3n) is 4.62. The molecule has 0 radical (unpaired) electrons. The van der Waals surface area contributed by atoms with Gasteiger partial charge in [-0.05, 0) is 37.5 Å². The molecule has 0 aromatic heterocycles. The Morgan fingerprint density at radius 1 is 0.938 bits per heavy atom. The highest BCUT2D eigenvalue weighted by Gasteiger charge is 2.38. The zero-order valence-electron chi connectivity index (χ0n) is 12.7. The van der Waals surface area contributed by atoms with E-state index in [9.17, 15) is 0 Å². The summed E-state index contributed by atoms with van der Waals surface area (Å²) in [6, 6.07) is 1.36. The minimum Gasteiger partial charge on any atom is -0.311 e. The van der Waals surface area contributed by atoms with Gasteiger partial charge >= 0.3 is 0 Å². The number of hydrogen-bond donors (Lipinski definition) is 1. The van der Waals surface area contributed by atoms with Gasteiger partial charge in [0.2, 0.25) is 0 Å². The molecular formula is C15H33N. The van der Waals surface area contributed by atoms with E-state index in [1.165, 1.54) is 6.42 Å². The molecule has 1 saturated heterocycles. The maximum Gasteiger partial charge on any atom is 0.00698 e. The van der Waals surface area contributed by atoms with Gasteiger partial charge in [0.15, 0.2) is 0 Å². The van der Waals surface area contributed by atoms with E-state index in [0.29, 0.717) is 12.1 Å². The van der Waals surface area contributed by atoms with Crippen LogP contribution in [-0.4, -0.2) is 12.1 Å². The van der Waals surface area contributed by atoms with Crippen LogP contribution in [0, 0.1) is 23.7 Å². The summed E-state index contributed by atoms with van der Waals surface area (Å²) >= 11 is 0. The molecule has 5 atom stereocenters. The predicted molar refractivity (Wildman–Crippen MR) is 74.7 cm³/mol. The lowest BCUT2D eigenvalue weighted by molar-refractivity contribution is 0.0682. The maximum atomic E-state index is 3.69.